The maximum Gasteiger partial charge on any atom is 1.00 e. The minimum atomic E-state index is -4.74. The first-order chi connectivity index (χ1) is 10.3. The normalized spacial score (nSPS) is 11.5. The topological polar surface area (TPSA) is 75.2 Å². The van der Waals surface area contributed by atoms with E-state index in [0.29, 0.717) is 0 Å². The number of carbonyl (C=O) groups is 1. The molecule has 23 heavy (non-hydrogen) atoms. The predicted molar refractivity (Wildman–Crippen MR) is 66.7 cm³/mol. The second kappa shape index (κ2) is 6.16. The average Bonchev–Trinajstić information content (AvgIpc) is 3.05. The molecule has 0 saturated heterocycles. The smallest absolute Gasteiger partial charge is 0.543 e. The third-order valence-electron chi connectivity index (χ3n) is 2.95. The van der Waals surface area contributed by atoms with Gasteiger partial charge in [-0.05, 0) is 6.07 Å². The summed E-state index contributed by atoms with van der Waals surface area (Å²) >= 11 is 5.79. The summed E-state index contributed by atoms with van der Waals surface area (Å²) < 4.78 is 41.8. The number of carbonyl (C=O) groups excluding carboxylic acids is 1. The monoisotopic (exact) mass is 352 g/mol. The van der Waals surface area contributed by atoms with Crippen molar-refractivity contribution in [3.05, 3.63) is 47.4 Å². The maximum absolute atomic E-state index is 13.2. The fraction of sp³-hybridized carbons (Fsp3) is 0.0833. The van der Waals surface area contributed by atoms with E-state index in [1.54, 1.807) is 0 Å². The number of alkyl halides is 3. The molecule has 3 aromatic heterocycles. The van der Waals surface area contributed by atoms with Crippen molar-refractivity contribution < 1.29 is 52.6 Å². The Hall–Kier alpha value is -1.55. The molecule has 6 nitrogen and oxygen atoms in total. The van der Waals surface area contributed by atoms with Gasteiger partial charge in [-0.25, -0.2) is 9.97 Å². The molecule has 0 aliphatic carbocycles. The summed E-state index contributed by atoms with van der Waals surface area (Å²) in [5.74, 6) is -1.76. The molecule has 0 aliphatic rings. The van der Waals surface area contributed by atoms with Gasteiger partial charge in [0.05, 0.1) is 18.0 Å². The van der Waals surface area contributed by atoms with E-state index in [2.05, 4.69) is 9.97 Å². The van der Waals surface area contributed by atoms with Crippen molar-refractivity contribution in [1.29, 1.82) is 0 Å². The summed E-state index contributed by atoms with van der Waals surface area (Å²) in [7, 11) is 0. The third-order valence-corrected chi connectivity index (χ3v) is 3.31. The minimum Gasteiger partial charge on any atom is -0.543 e. The summed E-state index contributed by atoms with van der Waals surface area (Å²) in [5, 5.41) is 10.4. The molecule has 114 valence electrons. The first kappa shape index (κ1) is 17.8. The molecule has 0 aliphatic heterocycles. The zero-order chi connectivity index (χ0) is 16.1. The van der Waals surface area contributed by atoms with E-state index in [0.717, 1.165) is 10.5 Å². The molecule has 0 amide bonds. The fourth-order valence-electron chi connectivity index (χ4n) is 1.99. The van der Waals surface area contributed by atoms with Gasteiger partial charge in [-0.1, -0.05) is 11.6 Å². The number of nitrogens with zero attached hydrogens (tertiary/aromatic N) is 4. The summed E-state index contributed by atoms with van der Waals surface area (Å²) in [6, 6.07) is 0.833. The minimum absolute atomic E-state index is 0. The van der Waals surface area contributed by atoms with Crippen molar-refractivity contribution in [3.63, 3.8) is 0 Å². The molecule has 0 aromatic carbocycles. The number of halogens is 4. The van der Waals surface area contributed by atoms with Crippen LogP contribution in [0.5, 0.6) is 0 Å². The Morgan fingerprint density at radius 2 is 2.04 bits per heavy atom. The Kier molecular flexibility index (Phi) is 4.76. The Morgan fingerprint density at radius 1 is 1.35 bits per heavy atom. The number of aromatic nitrogens is 4. The van der Waals surface area contributed by atoms with Gasteiger partial charge < -0.3 is 14.5 Å². The Labute approximate surface area is 153 Å². The van der Waals surface area contributed by atoms with Crippen LogP contribution in [-0.2, 0) is 6.18 Å². The standard InChI is InChI=1S/C12H6ClF3N4O2.Na/c13-9-8(11(21)22)18-10-7(12(14,15)16)3-6(4-20(9)10)19-2-1-17-5-19;/h1-5H,(H,21,22);/q;+1/p-1. The number of carboxylic acid groups (broad SMARTS) is 1. The molecule has 3 aromatic rings. The molecule has 0 unspecified atom stereocenters. The fourth-order valence-corrected chi connectivity index (χ4v) is 2.24. The molecule has 0 bridgehead atoms. The number of rotatable bonds is 2. The van der Waals surface area contributed by atoms with E-state index in [4.69, 9.17) is 11.6 Å². The number of hydrogen-bond acceptors (Lipinski definition) is 4. The zero-order valence-electron chi connectivity index (χ0n) is 11.5. The summed E-state index contributed by atoms with van der Waals surface area (Å²) in [6.07, 6.45) is 0.612. The first-order valence-corrected chi connectivity index (χ1v) is 6.15. The van der Waals surface area contributed by atoms with Crippen LogP contribution in [0.2, 0.25) is 5.15 Å². The predicted octanol–water partition coefficient (Wildman–Crippen LogP) is -1.44. The van der Waals surface area contributed by atoms with Crippen LogP contribution in [0.25, 0.3) is 11.3 Å². The summed E-state index contributed by atoms with van der Waals surface area (Å²) in [5.41, 5.74) is -2.38. The molecular formula is C12H5ClF3N4NaO2. The Morgan fingerprint density at radius 3 is 2.57 bits per heavy atom. The summed E-state index contributed by atoms with van der Waals surface area (Å²) in [4.78, 5) is 18.1. The molecule has 3 heterocycles. The number of pyridine rings is 1. The average molecular weight is 353 g/mol. The van der Waals surface area contributed by atoms with Gasteiger partial charge in [-0.3, -0.25) is 4.40 Å². The molecule has 0 radical (unpaired) electrons. The van der Waals surface area contributed by atoms with Gasteiger partial charge >= 0.3 is 35.7 Å². The van der Waals surface area contributed by atoms with E-state index in [1.807, 2.05) is 0 Å². The molecular weight excluding hydrogens is 348 g/mol. The Bertz CT molecular complexity index is 877. The third kappa shape index (κ3) is 3.09. The van der Waals surface area contributed by atoms with Gasteiger partial charge in [-0.15, -0.1) is 0 Å². The number of fused-ring (bicyclic) bond motifs is 1. The summed E-state index contributed by atoms with van der Waals surface area (Å²) in [6.45, 7) is 0. The molecule has 3 rings (SSSR count). The Balaban J connectivity index is 0.00000192. The second-order valence-electron chi connectivity index (χ2n) is 4.31. The van der Waals surface area contributed by atoms with E-state index in [9.17, 15) is 23.1 Å². The van der Waals surface area contributed by atoms with Gasteiger partial charge in [0.1, 0.15) is 16.4 Å². The number of carboxylic acids is 1. The molecule has 0 saturated carbocycles. The van der Waals surface area contributed by atoms with E-state index in [1.165, 1.54) is 29.5 Å². The van der Waals surface area contributed by atoms with Crippen LogP contribution >= 0.6 is 11.6 Å². The molecule has 0 fully saturated rings. The van der Waals surface area contributed by atoms with Crippen LogP contribution in [0.1, 0.15) is 16.1 Å². The van der Waals surface area contributed by atoms with E-state index < -0.39 is 34.2 Å². The van der Waals surface area contributed by atoms with Gasteiger partial charge in [0.2, 0.25) is 0 Å². The van der Waals surface area contributed by atoms with Crippen molar-refractivity contribution in [3.8, 4) is 5.69 Å². The zero-order valence-corrected chi connectivity index (χ0v) is 14.3. The van der Waals surface area contributed by atoms with Crippen molar-refractivity contribution in [2.24, 2.45) is 0 Å². The van der Waals surface area contributed by atoms with Crippen LogP contribution in [0.4, 0.5) is 13.2 Å². The first-order valence-electron chi connectivity index (χ1n) is 5.77. The van der Waals surface area contributed by atoms with Gasteiger partial charge in [0, 0.05) is 18.6 Å². The van der Waals surface area contributed by atoms with Gasteiger partial charge in [-0.2, -0.15) is 13.2 Å². The molecule has 0 N–H and O–H groups in total. The van der Waals surface area contributed by atoms with Crippen molar-refractivity contribution in [2.75, 3.05) is 0 Å². The largest absolute Gasteiger partial charge is 1.00 e. The maximum atomic E-state index is 13.2. The van der Waals surface area contributed by atoms with Gasteiger partial charge in [0.15, 0.2) is 5.65 Å². The van der Waals surface area contributed by atoms with Gasteiger partial charge in [0.25, 0.3) is 0 Å². The van der Waals surface area contributed by atoms with Crippen LogP contribution < -0.4 is 34.7 Å². The SMILES string of the molecule is O=C([O-])c1nc2c(C(F)(F)F)cc(-n3ccnc3)cn2c1Cl.[Na+]. The van der Waals surface area contributed by atoms with Crippen molar-refractivity contribution in [1.82, 2.24) is 18.9 Å². The van der Waals surface area contributed by atoms with Crippen LogP contribution in [0.3, 0.4) is 0 Å². The second-order valence-corrected chi connectivity index (χ2v) is 4.67. The molecule has 11 heteroatoms. The van der Waals surface area contributed by atoms with E-state index >= 15 is 0 Å². The quantitative estimate of drug-likeness (QED) is 0.529. The number of aromatic carboxylic acids is 1. The van der Waals surface area contributed by atoms with Crippen LogP contribution in [-0.4, -0.2) is 24.9 Å². The number of imidazole rings is 2. The van der Waals surface area contributed by atoms with E-state index in [-0.39, 0.29) is 35.2 Å². The molecule has 0 atom stereocenters. The van der Waals surface area contributed by atoms with Crippen LogP contribution in [0.15, 0.2) is 31.0 Å². The number of hydrogen-bond donors (Lipinski definition) is 0. The van der Waals surface area contributed by atoms with Crippen LogP contribution in [0, 0.1) is 0 Å². The van der Waals surface area contributed by atoms with Crippen molar-refractivity contribution in [2.45, 2.75) is 6.18 Å². The molecule has 0 spiro atoms. The van der Waals surface area contributed by atoms with Crippen molar-refractivity contribution >= 4 is 23.2 Å².